The largest absolute Gasteiger partial charge is 0.465 e. The van der Waals surface area contributed by atoms with Crippen LogP contribution in [0.4, 0.5) is 4.39 Å². The van der Waals surface area contributed by atoms with Crippen LogP contribution in [0, 0.1) is 22.6 Å². The zero-order valence-corrected chi connectivity index (χ0v) is 15.8. The maximum Gasteiger partial charge on any atom is 0.328 e. The third-order valence-corrected chi connectivity index (χ3v) is 7.11. The van der Waals surface area contributed by atoms with Crippen molar-refractivity contribution in [2.75, 3.05) is 6.61 Å². The van der Waals surface area contributed by atoms with Gasteiger partial charge in [0.25, 0.3) is 0 Å². The summed E-state index contributed by atoms with van der Waals surface area (Å²) in [6, 6.07) is 12.5. The predicted molar refractivity (Wildman–Crippen MR) is 96.2 cm³/mol. The summed E-state index contributed by atoms with van der Waals surface area (Å²) in [6.07, 6.45) is 0. The maximum absolute atomic E-state index is 13.7. The summed E-state index contributed by atoms with van der Waals surface area (Å²) in [7, 11) is -4.08. The van der Waals surface area contributed by atoms with E-state index in [0.29, 0.717) is 5.02 Å². The van der Waals surface area contributed by atoms with Gasteiger partial charge in [0.15, 0.2) is 15.3 Å². The van der Waals surface area contributed by atoms with Crippen LogP contribution in [-0.2, 0) is 19.4 Å². The van der Waals surface area contributed by atoms with Crippen LogP contribution < -0.4 is 0 Å². The molecule has 3 atom stereocenters. The van der Waals surface area contributed by atoms with Gasteiger partial charge in [-0.25, -0.2) is 12.8 Å². The molecule has 140 valence electrons. The molecular formula is C19H15ClFNO4S. The highest BCUT2D eigenvalue weighted by molar-refractivity contribution is 7.92. The highest BCUT2D eigenvalue weighted by Crippen LogP contribution is 2.64. The Morgan fingerprint density at radius 2 is 1.96 bits per heavy atom. The molecular weight excluding hydrogens is 393 g/mol. The van der Waals surface area contributed by atoms with Gasteiger partial charge in [0.1, 0.15) is 11.1 Å². The van der Waals surface area contributed by atoms with Gasteiger partial charge in [-0.05, 0) is 48.9 Å². The van der Waals surface area contributed by atoms with Crippen LogP contribution in [0.15, 0.2) is 53.4 Å². The molecule has 27 heavy (non-hydrogen) atoms. The lowest BCUT2D eigenvalue weighted by molar-refractivity contribution is -0.147. The number of rotatable bonds is 5. The Morgan fingerprint density at radius 3 is 2.52 bits per heavy atom. The standard InChI is InChI=1S/C19H15ClFNO4S/c1-2-26-18(23)19(11-22)16(12-4-3-5-14(21)10-12)17(19)27(24,25)15-8-6-13(20)7-9-15/h3-10,16-17H,2H2,1H3/t16-,17+,19+/m1/s1. The summed E-state index contributed by atoms with van der Waals surface area (Å²) >= 11 is 5.81. The summed E-state index contributed by atoms with van der Waals surface area (Å²) < 4.78 is 45.0. The first-order valence-corrected chi connectivity index (χ1v) is 10.0. The van der Waals surface area contributed by atoms with Crippen LogP contribution in [0.3, 0.4) is 0 Å². The van der Waals surface area contributed by atoms with Gasteiger partial charge in [-0.1, -0.05) is 23.7 Å². The first-order chi connectivity index (χ1) is 12.8. The molecule has 1 aliphatic rings. The van der Waals surface area contributed by atoms with Gasteiger partial charge in [0.05, 0.1) is 17.6 Å². The molecule has 0 bridgehead atoms. The number of esters is 1. The van der Waals surface area contributed by atoms with Crippen LogP contribution in [0.1, 0.15) is 18.4 Å². The SMILES string of the molecule is CCOC(=O)[C@@]1(C#N)[C@H](c2cccc(F)c2)[C@@H]1S(=O)(=O)c1ccc(Cl)cc1. The second-order valence-electron chi connectivity index (χ2n) is 6.15. The van der Waals surface area contributed by atoms with Gasteiger partial charge in [0.2, 0.25) is 0 Å². The normalized spacial score (nSPS) is 24.1. The number of hydrogen-bond acceptors (Lipinski definition) is 5. The van der Waals surface area contributed by atoms with Gasteiger partial charge in [-0.3, -0.25) is 4.79 Å². The number of benzene rings is 2. The maximum atomic E-state index is 13.7. The van der Waals surface area contributed by atoms with Crippen molar-refractivity contribution >= 4 is 27.4 Å². The lowest BCUT2D eigenvalue weighted by Crippen LogP contribution is -2.25. The lowest BCUT2D eigenvalue weighted by atomic mass is 10.0. The first kappa shape index (κ1) is 19.3. The molecule has 0 N–H and O–H groups in total. The molecule has 5 nitrogen and oxygen atoms in total. The molecule has 0 amide bonds. The van der Waals surface area contributed by atoms with E-state index < -0.39 is 38.2 Å². The number of ether oxygens (including phenoxy) is 1. The van der Waals surface area contributed by atoms with E-state index in [1.165, 1.54) is 42.5 Å². The Bertz CT molecular complexity index is 1030. The molecule has 0 spiro atoms. The third kappa shape index (κ3) is 3.09. The van der Waals surface area contributed by atoms with Gasteiger partial charge in [-0.2, -0.15) is 5.26 Å². The zero-order chi connectivity index (χ0) is 19.8. The van der Waals surface area contributed by atoms with Gasteiger partial charge in [0, 0.05) is 10.9 Å². The first-order valence-electron chi connectivity index (χ1n) is 8.12. The minimum atomic E-state index is -4.08. The highest BCUT2D eigenvalue weighted by atomic mass is 35.5. The fraction of sp³-hybridized carbons (Fsp3) is 0.263. The molecule has 3 rings (SSSR count). The smallest absolute Gasteiger partial charge is 0.328 e. The Hall–Kier alpha value is -2.43. The molecule has 1 saturated carbocycles. The summed E-state index contributed by atoms with van der Waals surface area (Å²) in [6.45, 7) is 1.55. The van der Waals surface area contributed by atoms with Gasteiger partial charge in [-0.15, -0.1) is 0 Å². The summed E-state index contributed by atoms with van der Waals surface area (Å²) in [4.78, 5) is 12.5. The molecule has 2 aromatic carbocycles. The van der Waals surface area contributed by atoms with Crippen molar-refractivity contribution in [3.63, 3.8) is 0 Å². The fourth-order valence-electron chi connectivity index (χ4n) is 3.36. The summed E-state index contributed by atoms with van der Waals surface area (Å²) in [5, 5.41) is 8.72. The number of sulfone groups is 1. The monoisotopic (exact) mass is 407 g/mol. The molecule has 1 fully saturated rings. The molecule has 0 saturated heterocycles. The van der Waals surface area contributed by atoms with E-state index in [9.17, 15) is 22.9 Å². The van der Waals surface area contributed by atoms with E-state index in [0.717, 1.165) is 6.07 Å². The minimum Gasteiger partial charge on any atom is -0.465 e. The van der Waals surface area contributed by atoms with E-state index in [2.05, 4.69) is 0 Å². The number of carbonyl (C=O) groups is 1. The Balaban J connectivity index is 2.14. The molecule has 0 aromatic heterocycles. The van der Waals surface area contributed by atoms with E-state index in [4.69, 9.17) is 16.3 Å². The molecule has 0 radical (unpaired) electrons. The van der Waals surface area contributed by atoms with Crippen LogP contribution in [0.5, 0.6) is 0 Å². The van der Waals surface area contributed by atoms with Crippen molar-refractivity contribution in [2.24, 2.45) is 5.41 Å². The molecule has 0 heterocycles. The fourth-order valence-corrected chi connectivity index (χ4v) is 5.73. The minimum absolute atomic E-state index is 0.00809. The molecule has 0 aliphatic heterocycles. The Labute approximate surface area is 161 Å². The predicted octanol–water partition coefficient (Wildman–Crippen LogP) is 3.49. The van der Waals surface area contributed by atoms with Gasteiger partial charge < -0.3 is 4.74 Å². The lowest BCUT2D eigenvalue weighted by Gasteiger charge is -2.09. The third-order valence-electron chi connectivity index (χ3n) is 4.62. The molecule has 0 unspecified atom stereocenters. The Morgan fingerprint density at radius 1 is 1.30 bits per heavy atom. The number of nitriles is 1. The van der Waals surface area contributed by atoms with E-state index >= 15 is 0 Å². The van der Waals surface area contributed by atoms with E-state index in [-0.39, 0.29) is 17.1 Å². The molecule has 1 aliphatic carbocycles. The van der Waals surface area contributed by atoms with Crippen molar-refractivity contribution < 1.29 is 22.3 Å². The van der Waals surface area contributed by atoms with Crippen molar-refractivity contribution in [1.82, 2.24) is 0 Å². The van der Waals surface area contributed by atoms with Crippen molar-refractivity contribution in [2.45, 2.75) is 23.0 Å². The van der Waals surface area contributed by atoms with Crippen molar-refractivity contribution in [3.8, 4) is 6.07 Å². The number of halogens is 2. The zero-order valence-electron chi connectivity index (χ0n) is 14.2. The molecule has 8 heteroatoms. The van der Waals surface area contributed by atoms with E-state index in [1.54, 1.807) is 6.92 Å². The van der Waals surface area contributed by atoms with E-state index in [1.807, 2.05) is 6.07 Å². The topological polar surface area (TPSA) is 84.2 Å². The van der Waals surface area contributed by atoms with Gasteiger partial charge >= 0.3 is 5.97 Å². The number of carbonyl (C=O) groups excluding carboxylic acids is 1. The average Bonchev–Trinajstić information content (AvgIpc) is 3.34. The average molecular weight is 408 g/mol. The number of hydrogen-bond donors (Lipinski definition) is 0. The van der Waals surface area contributed by atoms with Crippen LogP contribution >= 0.6 is 11.6 Å². The second kappa shape index (κ2) is 6.95. The summed E-state index contributed by atoms with van der Waals surface area (Å²) in [5.41, 5.74) is -1.67. The van der Waals surface area contributed by atoms with Crippen LogP contribution in [-0.4, -0.2) is 26.2 Å². The van der Waals surface area contributed by atoms with Crippen LogP contribution in [0.2, 0.25) is 5.02 Å². The summed E-state index contributed by atoms with van der Waals surface area (Å²) in [5.74, 6) is -2.54. The highest BCUT2D eigenvalue weighted by Gasteiger charge is 2.77. The quantitative estimate of drug-likeness (QED) is 0.708. The van der Waals surface area contributed by atoms with Crippen LogP contribution in [0.25, 0.3) is 0 Å². The van der Waals surface area contributed by atoms with Crippen molar-refractivity contribution in [1.29, 1.82) is 5.26 Å². The number of nitrogens with zero attached hydrogens (tertiary/aromatic N) is 1. The van der Waals surface area contributed by atoms with Crippen molar-refractivity contribution in [3.05, 3.63) is 64.9 Å². The Kier molecular flexibility index (Phi) is 4.98. The second-order valence-corrected chi connectivity index (χ2v) is 8.66. The molecule has 2 aromatic rings.